The van der Waals surface area contributed by atoms with E-state index in [1.165, 1.54) is 5.56 Å². The summed E-state index contributed by atoms with van der Waals surface area (Å²) >= 11 is 3.43. The molecule has 1 aliphatic heterocycles. The van der Waals surface area contributed by atoms with Crippen LogP contribution < -0.4 is 5.32 Å². The standard InChI is InChI=1S/C12H14BrNO2/c1-2-16-12(15)10-7-9(13)6-8-4-3-5-14-11(8)10/h6-7,14H,2-5H2,1H3. The molecule has 0 aliphatic carbocycles. The third-order valence-electron chi connectivity index (χ3n) is 2.60. The van der Waals surface area contributed by atoms with Gasteiger partial charge in [0, 0.05) is 11.0 Å². The van der Waals surface area contributed by atoms with Crippen molar-refractivity contribution in [2.75, 3.05) is 18.5 Å². The second-order valence-corrected chi connectivity index (χ2v) is 4.65. The molecule has 0 spiro atoms. The van der Waals surface area contributed by atoms with Gasteiger partial charge < -0.3 is 10.1 Å². The number of esters is 1. The fraction of sp³-hybridized carbons (Fsp3) is 0.417. The molecule has 1 N–H and O–H groups in total. The molecule has 0 saturated heterocycles. The zero-order valence-electron chi connectivity index (χ0n) is 9.18. The number of nitrogens with one attached hydrogen (secondary N) is 1. The normalized spacial score (nSPS) is 13.9. The third-order valence-corrected chi connectivity index (χ3v) is 3.06. The Hall–Kier alpha value is -1.03. The first-order valence-corrected chi connectivity index (χ1v) is 6.25. The summed E-state index contributed by atoms with van der Waals surface area (Å²) in [6.45, 7) is 3.14. The summed E-state index contributed by atoms with van der Waals surface area (Å²) < 4.78 is 5.98. The van der Waals surface area contributed by atoms with Crippen LogP contribution in [0.5, 0.6) is 0 Å². The van der Waals surface area contributed by atoms with Gasteiger partial charge in [-0.1, -0.05) is 15.9 Å². The van der Waals surface area contributed by atoms with Gasteiger partial charge in [0.1, 0.15) is 0 Å². The second kappa shape index (κ2) is 4.87. The fourth-order valence-corrected chi connectivity index (χ4v) is 2.44. The molecule has 0 saturated carbocycles. The number of aryl methyl sites for hydroxylation is 1. The van der Waals surface area contributed by atoms with Crippen LogP contribution in [0, 0.1) is 0 Å². The van der Waals surface area contributed by atoms with Crippen molar-refractivity contribution >= 4 is 27.6 Å². The summed E-state index contributed by atoms with van der Waals surface area (Å²) in [5, 5.41) is 3.28. The predicted molar refractivity (Wildman–Crippen MR) is 66.9 cm³/mol. The average molecular weight is 284 g/mol. The number of ether oxygens (including phenoxy) is 1. The molecule has 0 amide bonds. The maximum Gasteiger partial charge on any atom is 0.340 e. The van der Waals surface area contributed by atoms with E-state index < -0.39 is 0 Å². The topological polar surface area (TPSA) is 38.3 Å². The average Bonchev–Trinajstić information content (AvgIpc) is 2.28. The van der Waals surface area contributed by atoms with Gasteiger partial charge in [-0.3, -0.25) is 0 Å². The molecule has 0 atom stereocenters. The van der Waals surface area contributed by atoms with Crippen LogP contribution in [0.3, 0.4) is 0 Å². The van der Waals surface area contributed by atoms with Crippen molar-refractivity contribution in [3.05, 3.63) is 27.7 Å². The van der Waals surface area contributed by atoms with Crippen LogP contribution in [0.2, 0.25) is 0 Å². The highest BCUT2D eigenvalue weighted by molar-refractivity contribution is 9.10. The molecule has 86 valence electrons. The van der Waals surface area contributed by atoms with Gasteiger partial charge in [0.05, 0.1) is 17.9 Å². The summed E-state index contributed by atoms with van der Waals surface area (Å²) in [5.74, 6) is -0.255. The predicted octanol–water partition coefficient (Wildman–Crippen LogP) is 2.98. The molecule has 2 rings (SSSR count). The monoisotopic (exact) mass is 283 g/mol. The van der Waals surface area contributed by atoms with Crippen molar-refractivity contribution in [2.24, 2.45) is 0 Å². The first-order chi connectivity index (χ1) is 7.72. The van der Waals surface area contributed by atoms with Gasteiger partial charge in [0.15, 0.2) is 0 Å². The fourth-order valence-electron chi connectivity index (χ4n) is 1.93. The summed E-state index contributed by atoms with van der Waals surface area (Å²) in [5.41, 5.74) is 2.75. The minimum atomic E-state index is -0.255. The third kappa shape index (κ3) is 2.21. The van der Waals surface area contributed by atoms with Gasteiger partial charge >= 0.3 is 5.97 Å². The van der Waals surface area contributed by atoms with E-state index in [1.807, 2.05) is 13.0 Å². The molecule has 4 heteroatoms. The Kier molecular flexibility index (Phi) is 3.49. The Bertz CT molecular complexity index is 418. The van der Waals surface area contributed by atoms with Crippen LogP contribution in [-0.2, 0) is 11.2 Å². The number of hydrogen-bond donors (Lipinski definition) is 1. The van der Waals surface area contributed by atoms with Crippen LogP contribution in [0.1, 0.15) is 29.3 Å². The summed E-state index contributed by atoms with van der Waals surface area (Å²) in [6, 6.07) is 3.87. The molecule has 1 aliphatic rings. The lowest BCUT2D eigenvalue weighted by atomic mass is 9.99. The minimum absolute atomic E-state index is 0.255. The molecule has 0 aromatic heterocycles. The largest absolute Gasteiger partial charge is 0.462 e. The Balaban J connectivity index is 2.43. The number of carbonyl (C=O) groups is 1. The van der Waals surface area contributed by atoms with Gasteiger partial charge in [0.2, 0.25) is 0 Å². The zero-order chi connectivity index (χ0) is 11.5. The van der Waals surface area contributed by atoms with Gasteiger partial charge in [-0.2, -0.15) is 0 Å². The van der Waals surface area contributed by atoms with Crippen molar-refractivity contribution in [3.63, 3.8) is 0 Å². The highest BCUT2D eigenvalue weighted by atomic mass is 79.9. The van der Waals surface area contributed by atoms with Crippen molar-refractivity contribution in [2.45, 2.75) is 19.8 Å². The number of fused-ring (bicyclic) bond motifs is 1. The first-order valence-electron chi connectivity index (χ1n) is 5.45. The smallest absolute Gasteiger partial charge is 0.340 e. The molecular weight excluding hydrogens is 270 g/mol. The number of hydrogen-bond acceptors (Lipinski definition) is 3. The van der Waals surface area contributed by atoms with E-state index in [9.17, 15) is 4.79 Å². The lowest BCUT2D eigenvalue weighted by molar-refractivity contribution is 0.0527. The maximum atomic E-state index is 11.8. The van der Waals surface area contributed by atoms with E-state index in [2.05, 4.69) is 27.3 Å². The van der Waals surface area contributed by atoms with E-state index in [4.69, 9.17) is 4.74 Å². The lowest BCUT2D eigenvalue weighted by Crippen LogP contribution is -2.17. The number of rotatable bonds is 2. The van der Waals surface area contributed by atoms with Crippen LogP contribution >= 0.6 is 15.9 Å². The van der Waals surface area contributed by atoms with Crippen molar-refractivity contribution < 1.29 is 9.53 Å². The van der Waals surface area contributed by atoms with E-state index >= 15 is 0 Å². The number of benzene rings is 1. The quantitative estimate of drug-likeness (QED) is 0.848. The van der Waals surface area contributed by atoms with Gasteiger partial charge in [0.25, 0.3) is 0 Å². The molecular formula is C12H14BrNO2. The van der Waals surface area contributed by atoms with Crippen LogP contribution in [-0.4, -0.2) is 19.1 Å². The molecule has 0 bridgehead atoms. The number of carbonyl (C=O) groups excluding carboxylic acids is 1. The van der Waals surface area contributed by atoms with E-state index in [1.54, 1.807) is 0 Å². The molecule has 1 aromatic rings. The van der Waals surface area contributed by atoms with Crippen molar-refractivity contribution in [1.29, 1.82) is 0 Å². The Morgan fingerprint density at radius 3 is 3.12 bits per heavy atom. The molecule has 0 unspecified atom stereocenters. The minimum Gasteiger partial charge on any atom is -0.462 e. The Morgan fingerprint density at radius 2 is 2.38 bits per heavy atom. The number of anilines is 1. The summed E-state index contributed by atoms with van der Waals surface area (Å²) in [7, 11) is 0. The Morgan fingerprint density at radius 1 is 1.56 bits per heavy atom. The maximum absolute atomic E-state index is 11.8. The number of halogens is 1. The van der Waals surface area contributed by atoms with Gasteiger partial charge in [-0.15, -0.1) is 0 Å². The second-order valence-electron chi connectivity index (χ2n) is 3.74. The molecule has 3 nitrogen and oxygen atoms in total. The molecule has 16 heavy (non-hydrogen) atoms. The van der Waals surface area contributed by atoms with Crippen molar-refractivity contribution in [3.8, 4) is 0 Å². The van der Waals surface area contributed by atoms with Crippen LogP contribution in [0.4, 0.5) is 5.69 Å². The van der Waals surface area contributed by atoms with Crippen LogP contribution in [0.25, 0.3) is 0 Å². The SMILES string of the molecule is CCOC(=O)c1cc(Br)cc2c1NCCC2. The van der Waals surface area contributed by atoms with E-state index in [-0.39, 0.29) is 5.97 Å². The Labute approximate surface area is 103 Å². The van der Waals surface area contributed by atoms with E-state index in [0.29, 0.717) is 12.2 Å². The molecule has 1 aromatic carbocycles. The van der Waals surface area contributed by atoms with E-state index in [0.717, 1.165) is 29.5 Å². The summed E-state index contributed by atoms with van der Waals surface area (Å²) in [4.78, 5) is 11.8. The highest BCUT2D eigenvalue weighted by Crippen LogP contribution is 2.30. The lowest BCUT2D eigenvalue weighted by Gasteiger charge is -2.21. The van der Waals surface area contributed by atoms with Crippen molar-refractivity contribution in [1.82, 2.24) is 0 Å². The van der Waals surface area contributed by atoms with Crippen LogP contribution in [0.15, 0.2) is 16.6 Å². The van der Waals surface area contributed by atoms with Gasteiger partial charge in [-0.25, -0.2) is 4.79 Å². The summed E-state index contributed by atoms with van der Waals surface area (Å²) in [6.07, 6.45) is 2.11. The molecule has 0 fully saturated rings. The first kappa shape index (κ1) is 11.5. The molecule has 1 heterocycles. The van der Waals surface area contributed by atoms with Gasteiger partial charge in [-0.05, 0) is 37.5 Å². The highest BCUT2D eigenvalue weighted by Gasteiger charge is 2.19. The molecule has 0 radical (unpaired) electrons. The zero-order valence-corrected chi connectivity index (χ0v) is 10.8.